The molecule has 2 heterocycles. The number of hydrogen-bond donors (Lipinski definition) is 0. The van der Waals surface area contributed by atoms with E-state index < -0.39 is 0 Å². The van der Waals surface area contributed by atoms with E-state index in [2.05, 4.69) is 46.5 Å². The summed E-state index contributed by atoms with van der Waals surface area (Å²) in [7, 11) is 0. The largest absolute Gasteiger partial charge is 0.481 e. The summed E-state index contributed by atoms with van der Waals surface area (Å²) in [6.45, 7) is 4.26. The maximum atomic E-state index is 6.47. The Kier molecular flexibility index (Phi) is 4.81. The number of hydrogen-bond acceptors (Lipinski definition) is 4. The van der Waals surface area contributed by atoms with Crippen LogP contribution in [-0.2, 0) is 10.4 Å². The monoisotopic (exact) mass is 376 g/mol. The van der Waals surface area contributed by atoms with Crippen LogP contribution < -0.4 is 4.74 Å². The highest BCUT2D eigenvalue weighted by molar-refractivity contribution is 6.08. The lowest BCUT2D eigenvalue weighted by atomic mass is 9.96. The van der Waals surface area contributed by atoms with E-state index in [9.17, 15) is 0 Å². The first-order valence-corrected chi connectivity index (χ1v) is 10.6. The summed E-state index contributed by atoms with van der Waals surface area (Å²) in [5.74, 6) is 1.18. The van der Waals surface area contributed by atoms with Gasteiger partial charge in [-0.3, -0.25) is 0 Å². The highest BCUT2D eigenvalue weighted by Crippen LogP contribution is 2.60. The zero-order valence-corrected chi connectivity index (χ0v) is 16.3. The predicted octanol–water partition coefficient (Wildman–Crippen LogP) is 4.59. The standard InChI is InChI=1S/C24H28N2O2/c1-3-10-19(11-4-1)24-18-21(24)23(20-12-5-6-13-22(20)28-24)25-27-17-9-16-26-14-7-2-8-15-26/h1,3-6,10-13,21H,2,7-9,14-18H2. The SMILES string of the molecule is c1ccc(C23CC2C(=NOCCCN2CCCCC2)c2ccccc2O3)cc1. The maximum absolute atomic E-state index is 6.47. The van der Waals surface area contributed by atoms with Crippen molar-refractivity contribution in [1.82, 2.24) is 4.90 Å². The topological polar surface area (TPSA) is 34.1 Å². The third-order valence-corrected chi connectivity index (χ3v) is 6.28. The average Bonchev–Trinajstić information content (AvgIpc) is 3.50. The first-order chi connectivity index (χ1) is 13.9. The molecule has 4 nitrogen and oxygen atoms in total. The van der Waals surface area contributed by atoms with E-state index in [1.807, 2.05) is 18.2 Å². The van der Waals surface area contributed by atoms with Crippen molar-refractivity contribution in [2.45, 2.75) is 37.7 Å². The minimum Gasteiger partial charge on any atom is -0.481 e. The lowest BCUT2D eigenvalue weighted by Gasteiger charge is -2.27. The van der Waals surface area contributed by atoms with Crippen LogP contribution in [0.15, 0.2) is 59.8 Å². The van der Waals surface area contributed by atoms with Crippen molar-refractivity contribution in [3.63, 3.8) is 0 Å². The van der Waals surface area contributed by atoms with E-state index in [-0.39, 0.29) is 11.5 Å². The second-order valence-corrected chi connectivity index (χ2v) is 8.18. The van der Waals surface area contributed by atoms with Gasteiger partial charge in [-0.15, -0.1) is 0 Å². The van der Waals surface area contributed by atoms with Crippen LogP contribution in [0.25, 0.3) is 0 Å². The molecule has 0 N–H and O–H groups in total. The zero-order chi connectivity index (χ0) is 18.8. The number of rotatable bonds is 6. The average molecular weight is 377 g/mol. The molecule has 4 heteroatoms. The smallest absolute Gasteiger partial charge is 0.143 e. The van der Waals surface area contributed by atoms with Gasteiger partial charge in [0.25, 0.3) is 0 Å². The molecule has 0 amide bonds. The van der Waals surface area contributed by atoms with Crippen molar-refractivity contribution in [2.24, 2.45) is 11.1 Å². The quantitative estimate of drug-likeness (QED) is 0.546. The molecule has 2 aliphatic heterocycles. The van der Waals surface area contributed by atoms with E-state index in [1.54, 1.807) is 0 Å². The molecule has 1 saturated carbocycles. The summed E-state index contributed by atoms with van der Waals surface area (Å²) in [6, 6.07) is 18.7. The number of nitrogens with zero attached hydrogens (tertiary/aromatic N) is 2. The lowest BCUT2D eigenvalue weighted by molar-refractivity contribution is 0.120. The molecule has 0 bridgehead atoms. The van der Waals surface area contributed by atoms with Gasteiger partial charge in [0.1, 0.15) is 18.0 Å². The minimum atomic E-state index is -0.272. The molecular weight excluding hydrogens is 348 g/mol. The molecule has 0 aromatic heterocycles. The normalized spacial score (nSPS) is 27.6. The fourth-order valence-electron chi connectivity index (χ4n) is 4.69. The highest BCUT2D eigenvalue weighted by atomic mass is 16.6. The van der Waals surface area contributed by atoms with Crippen molar-refractivity contribution in [2.75, 3.05) is 26.2 Å². The lowest BCUT2D eigenvalue weighted by Crippen LogP contribution is -2.31. The zero-order valence-electron chi connectivity index (χ0n) is 16.3. The third kappa shape index (κ3) is 3.30. The number of fused-ring (bicyclic) bond motifs is 2. The Morgan fingerprint density at radius 2 is 1.79 bits per heavy atom. The minimum absolute atomic E-state index is 0.270. The number of benzene rings is 2. The number of likely N-dealkylation sites (tertiary alicyclic amines) is 1. The van der Waals surface area contributed by atoms with Gasteiger partial charge < -0.3 is 14.5 Å². The van der Waals surface area contributed by atoms with E-state index >= 15 is 0 Å². The fraction of sp³-hybridized carbons (Fsp3) is 0.458. The molecule has 2 aromatic rings. The highest BCUT2D eigenvalue weighted by Gasteiger charge is 2.64. The molecule has 3 aliphatic rings. The van der Waals surface area contributed by atoms with Gasteiger partial charge in [-0.2, -0.15) is 0 Å². The van der Waals surface area contributed by atoms with Crippen molar-refractivity contribution < 1.29 is 9.57 Å². The van der Waals surface area contributed by atoms with Crippen molar-refractivity contribution >= 4 is 5.71 Å². The second kappa shape index (κ2) is 7.59. The maximum Gasteiger partial charge on any atom is 0.143 e. The van der Waals surface area contributed by atoms with Gasteiger partial charge in [0.2, 0.25) is 0 Å². The van der Waals surface area contributed by atoms with Crippen molar-refractivity contribution in [3.05, 3.63) is 65.7 Å². The number of ether oxygens (including phenoxy) is 1. The summed E-state index contributed by atoms with van der Waals surface area (Å²) in [5.41, 5.74) is 3.08. The summed E-state index contributed by atoms with van der Waals surface area (Å²) < 4.78 is 6.47. The van der Waals surface area contributed by atoms with Gasteiger partial charge in [0.15, 0.2) is 0 Å². The number of piperidine rings is 1. The Bertz CT molecular complexity index is 845. The van der Waals surface area contributed by atoms with Crippen LogP contribution in [0.5, 0.6) is 5.75 Å². The summed E-state index contributed by atoms with van der Waals surface area (Å²) in [5, 5.41) is 4.62. The molecular formula is C24H28N2O2. The number of para-hydroxylation sites is 1. The van der Waals surface area contributed by atoms with E-state index in [1.165, 1.54) is 37.9 Å². The Morgan fingerprint density at radius 1 is 1.00 bits per heavy atom. The molecule has 2 unspecified atom stereocenters. The van der Waals surface area contributed by atoms with Gasteiger partial charge >= 0.3 is 0 Å². The van der Waals surface area contributed by atoms with E-state index in [0.29, 0.717) is 6.61 Å². The molecule has 1 aliphatic carbocycles. The Morgan fingerprint density at radius 3 is 2.64 bits per heavy atom. The summed E-state index contributed by atoms with van der Waals surface area (Å²) in [4.78, 5) is 8.35. The predicted molar refractivity (Wildman–Crippen MR) is 111 cm³/mol. The molecule has 5 rings (SSSR count). The Hall–Kier alpha value is -2.33. The molecule has 0 spiro atoms. The van der Waals surface area contributed by atoms with Crippen LogP contribution in [0.2, 0.25) is 0 Å². The third-order valence-electron chi connectivity index (χ3n) is 6.28. The number of oxime groups is 1. The van der Waals surface area contributed by atoms with E-state index in [4.69, 9.17) is 9.57 Å². The van der Waals surface area contributed by atoms with Crippen LogP contribution in [0.4, 0.5) is 0 Å². The van der Waals surface area contributed by atoms with Crippen molar-refractivity contribution in [3.8, 4) is 5.75 Å². The molecule has 1 saturated heterocycles. The first kappa shape index (κ1) is 17.7. The van der Waals surface area contributed by atoms with Crippen LogP contribution in [0.3, 0.4) is 0 Å². The fourth-order valence-corrected chi connectivity index (χ4v) is 4.69. The van der Waals surface area contributed by atoms with Gasteiger partial charge in [-0.05, 0) is 50.0 Å². The summed E-state index contributed by atoms with van der Waals surface area (Å²) in [6.07, 6.45) is 6.05. The second-order valence-electron chi connectivity index (χ2n) is 8.18. The van der Waals surface area contributed by atoms with Crippen molar-refractivity contribution in [1.29, 1.82) is 0 Å². The molecule has 2 atom stereocenters. The van der Waals surface area contributed by atoms with Crippen LogP contribution in [-0.4, -0.2) is 36.9 Å². The van der Waals surface area contributed by atoms with Gasteiger partial charge in [0.05, 0.1) is 11.6 Å². The van der Waals surface area contributed by atoms with Crippen LogP contribution in [0.1, 0.15) is 43.2 Å². The molecule has 2 aromatic carbocycles. The van der Waals surface area contributed by atoms with Gasteiger partial charge in [0, 0.05) is 18.5 Å². The van der Waals surface area contributed by atoms with Crippen LogP contribution >= 0.6 is 0 Å². The van der Waals surface area contributed by atoms with E-state index in [0.717, 1.165) is 36.4 Å². The molecule has 28 heavy (non-hydrogen) atoms. The Balaban J connectivity index is 1.29. The summed E-state index contributed by atoms with van der Waals surface area (Å²) >= 11 is 0. The van der Waals surface area contributed by atoms with Gasteiger partial charge in [-0.25, -0.2) is 0 Å². The Labute approximate surface area is 167 Å². The molecule has 146 valence electrons. The van der Waals surface area contributed by atoms with Crippen LogP contribution in [0, 0.1) is 5.92 Å². The first-order valence-electron chi connectivity index (χ1n) is 10.6. The molecule has 2 fully saturated rings. The van der Waals surface area contributed by atoms with Gasteiger partial charge in [-0.1, -0.05) is 54.0 Å². The molecule has 0 radical (unpaired) electrons.